The Morgan fingerprint density at radius 3 is 2.64 bits per heavy atom. The average molecular weight is 343 g/mol. The van der Waals surface area contributed by atoms with Crippen LogP contribution in [0.3, 0.4) is 0 Å². The number of rotatable bonds is 5. The fourth-order valence-electron chi connectivity index (χ4n) is 1.99. The summed E-state index contributed by atoms with van der Waals surface area (Å²) in [5.41, 5.74) is 0. The van der Waals surface area contributed by atoms with Crippen LogP contribution in [0.4, 0.5) is 13.2 Å². The van der Waals surface area contributed by atoms with E-state index < -0.39 is 33.7 Å². The number of nitrogens with zero attached hydrogens (tertiary/aromatic N) is 2. The lowest BCUT2D eigenvalue weighted by molar-refractivity contribution is -0.127. The van der Waals surface area contributed by atoms with E-state index in [9.17, 15) is 21.6 Å². The normalized spacial score (nSPS) is 24.6. The third-order valence-corrected chi connectivity index (χ3v) is 5.13. The predicted molar refractivity (Wildman–Crippen MR) is 68.3 cm³/mol. The molecule has 3 atom stereocenters. The molecule has 1 aromatic rings. The monoisotopic (exact) mass is 343 g/mol. The average Bonchev–Trinajstić information content (AvgIpc) is 3.03. The van der Waals surface area contributed by atoms with E-state index >= 15 is 0 Å². The third kappa shape index (κ3) is 3.96. The molecule has 1 N–H and O–H groups in total. The summed E-state index contributed by atoms with van der Waals surface area (Å²) in [6, 6.07) is 0. The van der Waals surface area contributed by atoms with E-state index in [0.29, 0.717) is 25.6 Å². The Bertz CT molecular complexity index is 616. The summed E-state index contributed by atoms with van der Waals surface area (Å²) in [5, 5.41) is 1.14. The van der Waals surface area contributed by atoms with Crippen LogP contribution in [0.15, 0.2) is 4.52 Å². The van der Waals surface area contributed by atoms with Crippen LogP contribution in [0, 0.1) is 6.92 Å². The number of hydrogen-bond donors (Lipinski definition) is 1. The Balaban J connectivity index is 1.88. The lowest BCUT2D eigenvalue weighted by Gasteiger charge is -2.18. The molecule has 7 nitrogen and oxygen atoms in total. The molecule has 126 valence electrons. The highest BCUT2D eigenvalue weighted by molar-refractivity contribution is 7.90. The Kier molecular flexibility index (Phi) is 4.78. The van der Waals surface area contributed by atoms with Crippen molar-refractivity contribution in [3.63, 3.8) is 0 Å². The molecule has 0 aromatic carbocycles. The lowest BCUT2D eigenvalue weighted by atomic mass is 10.2. The first-order chi connectivity index (χ1) is 10.1. The van der Waals surface area contributed by atoms with Gasteiger partial charge < -0.3 is 9.26 Å². The van der Waals surface area contributed by atoms with Gasteiger partial charge in [-0.1, -0.05) is 5.16 Å². The highest BCUT2D eigenvalue weighted by Crippen LogP contribution is 2.32. The molecule has 0 spiro atoms. The van der Waals surface area contributed by atoms with Crippen molar-refractivity contribution in [2.24, 2.45) is 0 Å². The second kappa shape index (κ2) is 6.13. The molecule has 2 heterocycles. The van der Waals surface area contributed by atoms with Crippen LogP contribution in [0.5, 0.6) is 0 Å². The second-order valence-electron chi connectivity index (χ2n) is 5.08. The Hall–Kier alpha value is -1.20. The number of alkyl halides is 3. The molecule has 0 aliphatic carbocycles. The van der Waals surface area contributed by atoms with Crippen LogP contribution in [0.1, 0.15) is 37.6 Å². The summed E-state index contributed by atoms with van der Waals surface area (Å²) >= 11 is 0. The molecule has 2 rings (SSSR count). The molecule has 22 heavy (non-hydrogen) atoms. The van der Waals surface area contributed by atoms with E-state index in [1.54, 1.807) is 6.92 Å². The highest BCUT2D eigenvalue weighted by atomic mass is 32.2. The molecule has 1 fully saturated rings. The molecule has 11 heteroatoms. The lowest BCUT2D eigenvalue weighted by Crippen LogP contribution is -2.44. The minimum Gasteiger partial charge on any atom is -0.364 e. The van der Waals surface area contributed by atoms with Gasteiger partial charge in [-0.3, -0.25) is 0 Å². The molecular weight excluding hydrogens is 327 g/mol. The zero-order chi connectivity index (χ0) is 16.5. The van der Waals surface area contributed by atoms with Crippen molar-refractivity contribution in [2.75, 3.05) is 6.54 Å². The molecule has 1 aliphatic rings. The van der Waals surface area contributed by atoms with E-state index in [-0.39, 0.29) is 12.4 Å². The van der Waals surface area contributed by atoms with E-state index in [1.807, 2.05) is 4.72 Å². The van der Waals surface area contributed by atoms with Gasteiger partial charge in [0, 0.05) is 6.54 Å². The summed E-state index contributed by atoms with van der Waals surface area (Å²) in [7, 11) is -4.49. The Morgan fingerprint density at radius 1 is 1.41 bits per heavy atom. The van der Waals surface area contributed by atoms with Crippen molar-refractivity contribution < 1.29 is 30.8 Å². The zero-order valence-corrected chi connectivity index (χ0v) is 12.7. The van der Waals surface area contributed by atoms with E-state index in [4.69, 9.17) is 9.26 Å². The van der Waals surface area contributed by atoms with Crippen LogP contribution in [-0.4, -0.2) is 42.6 Å². The molecule has 0 amide bonds. The number of sulfonamides is 1. The second-order valence-corrected chi connectivity index (χ2v) is 7.17. The van der Waals surface area contributed by atoms with Gasteiger partial charge in [0.25, 0.3) is 5.89 Å². The SMILES string of the molecule is Cc1noc([C@@H]2CC[C@H](CNS(=O)(=O)[C@H](C)C(F)(F)F)O2)n1. The van der Waals surface area contributed by atoms with Crippen molar-refractivity contribution in [2.45, 2.75) is 50.3 Å². The fourth-order valence-corrected chi connectivity index (χ4v) is 3.01. The molecule has 1 aliphatic heterocycles. The van der Waals surface area contributed by atoms with Gasteiger partial charge in [0.1, 0.15) is 6.10 Å². The van der Waals surface area contributed by atoms with Gasteiger partial charge in [-0.25, -0.2) is 13.1 Å². The minimum atomic E-state index is -4.81. The Labute approximate surface area is 125 Å². The van der Waals surface area contributed by atoms with Gasteiger partial charge in [-0.05, 0) is 26.7 Å². The Morgan fingerprint density at radius 2 is 2.09 bits per heavy atom. The smallest absolute Gasteiger partial charge is 0.364 e. The molecule has 0 bridgehead atoms. The van der Waals surface area contributed by atoms with Crippen LogP contribution in [0.25, 0.3) is 0 Å². The van der Waals surface area contributed by atoms with Crippen LogP contribution in [-0.2, 0) is 14.8 Å². The largest absolute Gasteiger partial charge is 0.406 e. The maximum Gasteiger partial charge on any atom is 0.406 e. The van der Waals surface area contributed by atoms with Crippen molar-refractivity contribution in [3.8, 4) is 0 Å². The maximum atomic E-state index is 12.5. The van der Waals surface area contributed by atoms with Gasteiger partial charge in [-0.15, -0.1) is 0 Å². The molecule has 1 saturated heterocycles. The maximum absolute atomic E-state index is 12.5. The zero-order valence-electron chi connectivity index (χ0n) is 11.9. The molecule has 0 unspecified atom stereocenters. The summed E-state index contributed by atoms with van der Waals surface area (Å²) in [6.45, 7) is 2.01. The number of nitrogens with one attached hydrogen (secondary N) is 1. The van der Waals surface area contributed by atoms with Gasteiger partial charge in [0.05, 0.1) is 6.10 Å². The molecular formula is C11H16F3N3O4S. The highest BCUT2D eigenvalue weighted by Gasteiger charge is 2.45. The number of aryl methyl sites for hydroxylation is 1. The van der Waals surface area contributed by atoms with Crippen molar-refractivity contribution in [3.05, 3.63) is 11.7 Å². The topological polar surface area (TPSA) is 94.3 Å². The van der Waals surface area contributed by atoms with Crippen molar-refractivity contribution >= 4 is 10.0 Å². The van der Waals surface area contributed by atoms with Crippen LogP contribution < -0.4 is 4.72 Å². The predicted octanol–water partition coefficient (Wildman–Crippen LogP) is 1.47. The first kappa shape index (κ1) is 17.2. The third-order valence-electron chi connectivity index (χ3n) is 3.36. The van der Waals surface area contributed by atoms with Gasteiger partial charge >= 0.3 is 6.18 Å². The van der Waals surface area contributed by atoms with Crippen molar-refractivity contribution in [1.29, 1.82) is 0 Å². The van der Waals surface area contributed by atoms with Gasteiger partial charge in [0.15, 0.2) is 11.1 Å². The summed E-state index contributed by atoms with van der Waals surface area (Å²) in [4.78, 5) is 4.01. The van der Waals surface area contributed by atoms with Crippen molar-refractivity contribution in [1.82, 2.24) is 14.9 Å². The molecule has 0 saturated carbocycles. The first-order valence-electron chi connectivity index (χ1n) is 6.60. The number of aromatic nitrogens is 2. The number of ether oxygens (including phenoxy) is 1. The molecule has 0 radical (unpaired) electrons. The van der Waals surface area contributed by atoms with Crippen LogP contribution in [0.2, 0.25) is 0 Å². The summed E-state index contributed by atoms with van der Waals surface area (Å²) < 4.78 is 72.9. The number of hydrogen-bond acceptors (Lipinski definition) is 6. The number of halogens is 3. The standard InChI is InChI=1S/C11H16F3N3O4S/c1-6(11(12,13)14)22(18,19)15-5-8-3-4-9(20-8)10-16-7(2)17-21-10/h6,8-9,15H,3-5H2,1-2H3/t6-,8-,9+/m1/s1. The van der Waals surface area contributed by atoms with Gasteiger partial charge in [0.2, 0.25) is 10.0 Å². The molecule has 1 aromatic heterocycles. The van der Waals surface area contributed by atoms with E-state index in [1.165, 1.54) is 0 Å². The minimum absolute atomic E-state index is 0.230. The van der Waals surface area contributed by atoms with Crippen LogP contribution >= 0.6 is 0 Å². The summed E-state index contributed by atoms with van der Waals surface area (Å²) in [6.07, 6.45) is -4.80. The quantitative estimate of drug-likeness (QED) is 0.870. The van der Waals surface area contributed by atoms with E-state index in [0.717, 1.165) is 0 Å². The van der Waals surface area contributed by atoms with E-state index in [2.05, 4.69) is 10.1 Å². The first-order valence-corrected chi connectivity index (χ1v) is 8.15. The fraction of sp³-hybridized carbons (Fsp3) is 0.818. The van der Waals surface area contributed by atoms with Gasteiger partial charge in [-0.2, -0.15) is 18.2 Å². The summed E-state index contributed by atoms with van der Waals surface area (Å²) in [5.74, 6) is 0.730.